The summed E-state index contributed by atoms with van der Waals surface area (Å²) in [7, 11) is 1.62. The fraction of sp³-hybridized carbons (Fsp3) is 0.269. The molecule has 0 saturated heterocycles. The minimum atomic E-state index is -0.339. The van der Waals surface area contributed by atoms with E-state index in [-0.39, 0.29) is 12.0 Å². The SMILES string of the molecule is CCOC(=O)N1CCc2c(sc(/N=C\c3cccc(OC)c3)c2C(=O)Nc2ccc(C)cc2)C1. The number of aryl methyl sites for hydroxylation is 1. The van der Waals surface area contributed by atoms with E-state index in [0.717, 1.165) is 33.0 Å². The average molecular weight is 478 g/mol. The van der Waals surface area contributed by atoms with Crippen molar-refractivity contribution in [2.45, 2.75) is 26.8 Å². The van der Waals surface area contributed by atoms with Crippen molar-refractivity contribution >= 4 is 40.2 Å². The summed E-state index contributed by atoms with van der Waals surface area (Å²) in [4.78, 5) is 32.9. The van der Waals surface area contributed by atoms with Gasteiger partial charge in [0.2, 0.25) is 0 Å². The van der Waals surface area contributed by atoms with Crippen LogP contribution in [0.5, 0.6) is 5.75 Å². The van der Waals surface area contributed by atoms with Crippen LogP contribution < -0.4 is 10.1 Å². The average Bonchev–Trinajstić information content (AvgIpc) is 3.22. The van der Waals surface area contributed by atoms with Crippen LogP contribution in [0.3, 0.4) is 0 Å². The van der Waals surface area contributed by atoms with Crippen molar-refractivity contribution < 1.29 is 19.1 Å². The first-order valence-electron chi connectivity index (χ1n) is 11.1. The van der Waals surface area contributed by atoms with Crippen molar-refractivity contribution in [3.05, 3.63) is 75.7 Å². The number of nitrogens with one attached hydrogen (secondary N) is 1. The van der Waals surface area contributed by atoms with Crippen molar-refractivity contribution in [3.63, 3.8) is 0 Å². The number of hydrogen-bond donors (Lipinski definition) is 1. The highest BCUT2D eigenvalue weighted by atomic mass is 32.1. The standard InChI is InChI=1S/C26H27N3O4S/c1-4-33-26(31)29-13-12-21-22(16-29)34-25(27-15-18-6-5-7-20(14-18)32-3)23(21)24(30)28-19-10-8-17(2)9-11-19/h5-11,14-15H,4,12-13,16H2,1-3H3,(H,28,30)/b27-15-. The zero-order valence-electron chi connectivity index (χ0n) is 19.5. The van der Waals surface area contributed by atoms with E-state index < -0.39 is 0 Å². The maximum Gasteiger partial charge on any atom is 0.410 e. The Bertz CT molecular complexity index is 1220. The Morgan fingerprint density at radius 2 is 2.00 bits per heavy atom. The van der Waals surface area contributed by atoms with E-state index in [2.05, 4.69) is 10.3 Å². The smallest absolute Gasteiger partial charge is 0.410 e. The van der Waals surface area contributed by atoms with Gasteiger partial charge in [0, 0.05) is 23.3 Å². The Balaban J connectivity index is 1.67. The van der Waals surface area contributed by atoms with Gasteiger partial charge in [-0.05, 0) is 55.7 Å². The lowest BCUT2D eigenvalue weighted by Gasteiger charge is -2.26. The molecule has 1 aliphatic heterocycles. The number of amides is 2. The fourth-order valence-electron chi connectivity index (χ4n) is 3.77. The van der Waals surface area contributed by atoms with Gasteiger partial charge in [-0.1, -0.05) is 29.8 Å². The molecule has 34 heavy (non-hydrogen) atoms. The van der Waals surface area contributed by atoms with Gasteiger partial charge in [0.05, 0.1) is 25.8 Å². The summed E-state index contributed by atoms with van der Waals surface area (Å²) in [5.74, 6) is 0.528. The molecule has 0 fully saturated rings. The molecule has 4 rings (SSSR count). The van der Waals surface area contributed by atoms with Gasteiger partial charge in [0.25, 0.3) is 5.91 Å². The number of ether oxygens (including phenoxy) is 2. The monoisotopic (exact) mass is 477 g/mol. The van der Waals surface area contributed by atoms with Gasteiger partial charge < -0.3 is 19.7 Å². The van der Waals surface area contributed by atoms with Crippen molar-refractivity contribution in [1.29, 1.82) is 0 Å². The second kappa shape index (κ2) is 10.5. The molecule has 2 aromatic carbocycles. The predicted octanol–water partition coefficient (Wildman–Crippen LogP) is 5.58. The molecular weight excluding hydrogens is 450 g/mol. The predicted molar refractivity (Wildman–Crippen MR) is 135 cm³/mol. The zero-order valence-corrected chi connectivity index (χ0v) is 20.3. The lowest BCUT2D eigenvalue weighted by atomic mass is 10.0. The lowest BCUT2D eigenvalue weighted by molar-refractivity contribution is 0.102. The maximum atomic E-state index is 13.4. The Morgan fingerprint density at radius 1 is 1.21 bits per heavy atom. The van der Waals surface area contributed by atoms with Crippen LogP contribution in [0.25, 0.3) is 0 Å². The molecule has 0 bridgehead atoms. The third kappa shape index (κ3) is 5.28. The van der Waals surface area contributed by atoms with Crippen LogP contribution >= 0.6 is 11.3 Å². The minimum Gasteiger partial charge on any atom is -0.497 e. The summed E-state index contributed by atoms with van der Waals surface area (Å²) in [5, 5.41) is 3.62. The Labute approximate surface area is 203 Å². The van der Waals surface area contributed by atoms with Gasteiger partial charge in [-0.15, -0.1) is 11.3 Å². The quantitative estimate of drug-likeness (QED) is 0.470. The second-order valence-corrected chi connectivity index (χ2v) is 8.99. The number of anilines is 1. The highest BCUT2D eigenvalue weighted by Crippen LogP contribution is 2.39. The number of methoxy groups -OCH3 is 1. The number of aliphatic imine (C=N–C) groups is 1. The highest BCUT2D eigenvalue weighted by molar-refractivity contribution is 7.16. The first-order valence-corrected chi connectivity index (χ1v) is 11.9. The van der Waals surface area contributed by atoms with Crippen molar-refractivity contribution in [2.24, 2.45) is 4.99 Å². The summed E-state index contributed by atoms with van der Waals surface area (Å²) < 4.78 is 10.5. The summed E-state index contributed by atoms with van der Waals surface area (Å²) >= 11 is 1.43. The van der Waals surface area contributed by atoms with Crippen molar-refractivity contribution in [1.82, 2.24) is 4.90 Å². The van der Waals surface area contributed by atoms with Gasteiger partial charge in [0.1, 0.15) is 10.8 Å². The number of carbonyl (C=O) groups excluding carboxylic acids is 2. The molecule has 1 N–H and O–H groups in total. The summed E-state index contributed by atoms with van der Waals surface area (Å²) in [6.07, 6.45) is 1.95. The lowest BCUT2D eigenvalue weighted by Crippen LogP contribution is -2.36. The van der Waals surface area contributed by atoms with E-state index in [1.165, 1.54) is 11.3 Å². The highest BCUT2D eigenvalue weighted by Gasteiger charge is 2.30. The van der Waals surface area contributed by atoms with Gasteiger partial charge in [-0.2, -0.15) is 0 Å². The molecule has 0 aliphatic carbocycles. The number of hydrogen-bond acceptors (Lipinski definition) is 6. The molecule has 7 nitrogen and oxygen atoms in total. The van der Waals surface area contributed by atoms with E-state index in [4.69, 9.17) is 9.47 Å². The second-order valence-electron chi connectivity index (χ2n) is 7.91. The molecule has 2 amide bonds. The molecular formula is C26H27N3O4S. The molecule has 1 aliphatic rings. The molecule has 3 aromatic rings. The minimum absolute atomic E-state index is 0.205. The first-order chi connectivity index (χ1) is 16.5. The molecule has 0 unspecified atom stereocenters. The molecule has 8 heteroatoms. The number of rotatable bonds is 6. The molecule has 176 valence electrons. The number of nitrogens with zero attached hydrogens (tertiary/aromatic N) is 2. The number of benzene rings is 2. The number of fused-ring (bicyclic) bond motifs is 1. The summed E-state index contributed by atoms with van der Waals surface area (Å²) in [5.41, 5.74) is 4.20. The van der Waals surface area contributed by atoms with E-state index in [1.54, 1.807) is 25.1 Å². The van der Waals surface area contributed by atoms with Gasteiger partial charge in [-0.3, -0.25) is 4.79 Å². The van der Waals surface area contributed by atoms with E-state index in [9.17, 15) is 9.59 Å². The zero-order chi connectivity index (χ0) is 24.1. The fourth-order valence-corrected chi connectivity index (χ4v) is 4.97. The molecule has 1 aromatic heterocycles. The van der Waals surface area contributed by atoms with Gasteiger partial charge in [0.15, 0.2) is 0 Å². The molecule has 0 radical (unpaired) electrons. The normalized spacial score (nSPS) is 13.0. The third-order valence-electron chi connectivity index (χ3n) is 5.53. The van der Waals surface area contributed by atoms with Crippen LogP contribution in [0, 0.1) is 6.92 Å². The van der Waals surface area contributed by atoms with Crippen LogP contribution in [-0.4, -0.2) is 43.4 Å². The van der Waals surface area contributed by atoms with Crippen molar-refractivity contribution in [2.75, 3.05) is 25.6 Å². The molecule has 0 spiro atoms. The Morgan fingerprint density at radius 3 is 2.74 bits per heavy atom. The van der Waals surface area contributed by atoms with E-state index in [0.29, 0.717) is 36.7 Å². The van der Waals surface area contributed by atoms with Crippen LogP contribution in [0.1, 0.15) is 38.8 Å². The van der Waals surface area contributed by atoms with Crippen molar-refractivity contribution in [3.8, 4) is 5.75 Å². The summed E-state index contributed by atoms with van der Waals surface area (Å²) in [6, 6.07) is 15.2. The molecule has 2 heterocycles. The topological polar surface area (TPSA) is 80.2 Å². The van der Waals surface area contributed by atoms with E-state index in [1.807, 2.05) is 55.5 Å². The Hall–Kier alpha value is -3.65. The number of thiophene rings is 1. The van der Waals surface area contributed by atoms with Crippen LogP contribution in [-0.2, 0) is 17.7 Å². The Kier molecular flexibility index (Phi) is 7.27. The van der Waals surface area contributed by atoms with Crippen LogP contribution in [0.2, 0.25) is 0 Å². The van der Waals surface area contributed by atoms with Crippen LogP contribution in [0.4, 0.5) is 15.5 Å². The van der Waals surface area contributed by atoms with Crippen LogP contribution in [0.15, 0.2) is 53.5 Å². The van der Waals surface area contributed by atoms with Gasteiger partial charge in [-0.25, -0.2) is 9.79 Å². The largest absolute Gasteiger partial charge is 0.497 e. The van der Waals surface area contributed by atoms with E-state index >= 15 is 0 Å². The molecule has 0 saturated carbocycles. The summed E-state index contributed by atoms with van der Waals surface area (Å²) in [6.45, 7) is 5.01. The third-order valence-corrected chi connectivity index (χ3v) is 6.65. The number of carbonyl (C=O) groups is 2. The first kappa shape index (κ1) is 23.5. The molecule has 0 atom stereocenters. The van der Waals surface area contributed by atoms with Gasteiger partial charge >= 0.3 is 6.09 Å². The maximum absolute atomic E-state index is 13.4.